The molecule has 144 valence electrons. The third-order valence-corrected chi connectivity index (χ3v) is 5.57. The molecule has 4 aromatic rings. The molecule has 0 saturated carbocycles. The van der Waals surface area contributed by atoms with Crippen LogP contribution in [-0.2, 0) is 0 Å². The zero-order valence-electron chi connectivity index (χ0n) is 14.8. The zero-order chi connectivity index (χ0) is 20.2. The molecule has 0 aliphatic heterocycles. The molecule has 2 heterocycles. The fraction of sp³-hybridized carbons (Fsp3) is 0. The van der Waals surface area contributed by atoms with Crippen LogP contribution in [0.3, 0.4) is 0 Å². The molecular weight excluding hydrogens is 410 g/mol. The predicted molar refractivity (Wildman–Crippen MR) is 113 cm³/mol. The van der Waals surface area contributed by atoms with Gasteiger partial charge in [-0.15, -0.1) is 22.7 Å². The van der Waals surface area contributed by atoms with Gasteiger partial charge in [-0.05, 0) is 24.3 Å². The molecule has 0 radical (unpaired) electrons. The second-order valence-corrected chi connectivity index (χ2v) is 7.60. The van der Waals surface area contributed by atoms with Crippen LogP contribution >= 0.6 is 22.7 Å². The summed E-state index contributed by atoms with van der Waals surface area (Å²) in [5.41, 5.74) is 0.979. The molecule has 2 aromatic heterocycles. The van der Waals surface area contributed by atoms with Gasteiger partial charge in [0.05, 0.1) is 26.4 Å². The molecule has 0 unspecified atom stereocenters. The number of carbonyl (C=O) groups excluding carboxylic acids is 1. The second kappa shape index (κ2) is 8.21. The van der Waals surface area contributed by atoms with E-state index in [4.69, 9.17) is 4.74 Å². The lowest BCUT2D eigenvalue weighted by Crippen LogP contribution is -2.12. The molecule has 0 saturated heterocycles. The Morgan fingerprint density at radius 3 is 2.55 bits per heavy atom. The number of thiazole rings is 1. The number of anilines is 1. The number of amides is 1. The molecular formula is C20H13N3O4S2. The Labute approximate surface area is 173 Å². The van der Waals surface area contributed by atoms with Crippen LogP contribution in [0.15, 0.2) is 71.4 Å². The van der Waals surface area contributed by atoms with Crippen LogP contribution in [0.4, 0.5) is 10.8 Å². The Balaban J connectivity index is 1.52. The monoisotopic (exact) mass is 423 g/mol. The van der Waals surface area contributed by atoms with Gasteiger partial charge in [-0.25, -0.2) is 4.98 Å². The van der Waals surface area contributed by atoms with Gasteiger partial charge in [0.15, 0.2) is 5.13 Å². The Kier molecular flexibility index (Phi) is 5.32. The molecule has 0 bridgehead atoms. The van der Waals surface area contributed by atoms with Gasteiger partial charge in [0, 0.05) is 11.4 Å². The summed E-state index contributed by atoms with van der Waals surface area (Å²) in [4.78, 5) is 28.2. The van der Waals surface area contributed by atoms with E-state index in [1.807, 2.05) is 30.3 Å². The topological polar surface area (TPSA) is 94.4 Å². The SMILES string of the molecule is O=C(Nc1nc(-c2cc([N+](=O)[O-])cs2)cs1)c1ccccc1Oc1ccccc1. The van der Waals surface area contributed by atoms with E-state index in [9.17, 15) is 14.9 Å². The minimum atomic E-state index is -0.446. The molecule has 0 aliphatic carbocycles. The highest BCUT2D eigenvalue weighted by molar-refractivity contribution is 7.16. The van der Waals surface area contributed by atoms with Crippen LogP contribution < -0.4 is 10.1 Å². The highest BCUT2D eigenvalue weighted by Gasteiger charge is 2.17. The molecule has 1 amide bonds. The first-order valence-corrected chi connectivity index (χ1v) is 10.2. The van der Waals surface area contributed by atoms with Crippen molar-refractivity contribution in [2.75, 3.05) is 5.32 Å². The van der Waals surface area contributed by atoms with Crippen molar-refractivity contribution in [1.82, 2.24) is 4.98 Å². The first-order valence-electron chi connectivity index (χ1n) is 8.42. The average molecular weight is 423 g/mol. The van der Waals surface area contributed by atoms with Crippen molar-refractivity contribution < 1.29 is 14.5 Å². The highest BCUT2D eigenvalue weighted by atomic mass is 32.1. The summed E-state index contributed by atoms with van der Waals surface area (Å²) in [5, 5.41) is 17.2. The fourth-order valence-electron chi connectivity index (χ4n) is 2.52. The summed E-state index contributed by atoms with van der Waals surface area (Å²) in [5.74, 6) is 0.708. The molecule has 4 rings (SSSR count). The lowest BCUT2D eigenvalue weighted by Gasteiger charge is -2.10. The van der Waals surface area contributed by atoms with E-state index in [-0.39, 0.29) is 11.6 Å². The lowest BCUT2D eigenvalue weighted by molar-refractivity contribution is -0.384. The first-order chi connectivity index (χ1) is 14.1. The van der Waals surface area contributed by atoms with Gasteiger partial charge in [-0.2, -0.15) is 0 Å². The van der Waals surface area contributed by atoms with Gasteiger partial charge in [0.25, 0.3) is 11.6 Å². The van der Waals surface area contributed by atoms with Crippen molar-refractivity contribution in [2.24, 2.45) is 0 Å². The van der Waals surface area contributed by atoms with Crippen molar-refractivity contribution >= 4 is 39.4 Å². The van der Waals surface area contributed by atoms with E-state index < -0.39 is 4.92 Å². The quantitative estimate of drug-likeness (QED) is 0.311. The standard InChI is InChI=1S/C20H13N3O4S2/c24-19(15-8-4-5-9-17(15)27-14-6-2-1-3-7-14)22-20-21-16(12-29-20)18-10-13(11-28-18)23(25)26/h1-12H,(H,21,22,24). The van der Waals surface area contributed by atoms with Crippen molar-refractivity contribution in [3.63, 3.8) is 0 Å². The number of aromatic nitrogens is 1. The zero-order valence-corrected chi connectivity index (χ0v) is 16.4. The minimum Gasteiger partial charge on any atom is -0.457 e. The number of thiophene rings is 1. The molecule has 7 nitrogen and oxygen atoms in total. The second-order valence-electron chi connectivity index (χ2n) is 5.83. The van der Waals surface area contributed by atoms with Crippen LogP contribution in [0.25, 0.3) is 10.6 Å². The summed E-state index contributed by atoms with van der Waals surface area (Å²) in [6, 6.07) is 17.6. The van der Waals surface area contributed by atoms with E-state index >= 15 is 0 Å². The van der Waals surface area contributed by atoms with Gasteiger partial charge in [-0.3, -0.25) is 20.2 Å². The lowest BCUT2D eigenvalue weighted by atomic mass is 10.2. The number of carbonyl (C=O) groups is 1. The largest absolute Gasteiger partial charge is 0.457 e. The van der Waals surface area contributed by atoms with Gasteiger partial charge in [0.2, 0.25) is 0 Å². The summed E-state index contributed by atoms with van der Waals surface area (Å²) >= 11 is 2.48. The molecule has 0 atom stereocenters. The number of rotatable bonds is 6. The number of nitrogens with zero attached hydrogens (tertiary/aromatic N) is 2. The Morgan fingerprint density at radius 2 is 1.79 bits per heavy atom. The van der Waals surface area contributed by atoms with Gasteiger partial charge in [-0.1, -0.05) is 30.3 Å². The number of hydrogen-bond donors (Lipinski definition) is 1. The summed E-state index contributed by atoms with van der Waals surface area (Å²) in [7, 11) is 0. The summed E-state index contributed by atoms with van der Waals surface area (Å²) in [6.45, 7) is 0. The summed E-state index contributed by atoms with van der Waals surface area (Å²) in [6.07, 6.45) is 0. The molecule has 0 spiro atoms. The van der Waals surface area contributed by atoms with Crippen molar-refractivity contribution in [2.45, 2.75) is 0 Å². The number of nitrogens with one attached hydrogen (secondary N) is 1. The third-order valence-electron chi connectivity index (χ3n) is 3.88. The maximum Gasteiger partial charge on any atom is 0.280 e. The van der Waals surface area contributed by atoms with Crippen molar-refractivity contribution in [3.8, 4) is 22.1 Å². The molecule has 0 aliphatic rings. The van der Waals surface area contributed by atoms with Gasteiger partial charge >= 0.3 is 0 Å². The normalized spacial score (nSPS) is 10.5. The smallest absolute Gasteiger partial charge is 0.280 e. The molecule has 9 heteroatoms. The Morgan fingerprint density at radius 1 is 1.03 bits per heavy atom. The molecule has 2 aromatic carbocycles. The fourth-order valence-corrected chi connectivity index (χ4v) is 4.12. The van der Waals surface area contributed by atoms with Crippen LogP contribution in [0, 0.1) is 10.1 Å². The molecule has 0 fully saturated rings. The van der Waals surface area contributed by atoms with E-state index in [0.29, 0.717) is 32.8 Å². The van der Waals surface area contributed by atoms with Crippen LogP contribution in [0.2, 0.25) is 0 Å². The number of benzene rings is 2. The van der Waals surface area contributed by atoms with E-state index in [2.05, 4.69) is 10.3 Å². The molecule has 29 heavy (non-hydrogen) atoms. The maximum atomic E-state index is 12.8. The average Bonchev–Trinajstić information content (AvgIpc) is 3.39. The number of ether oxygens (including phenoxy) is 1. The van der Waals surface area contributed by atoms with Gasteiger partial charge < -0.3 is 4.74 Å². The van der Waals surface area contributed by atoms with Crippen LogP contribution in [-0.4, -0.2) is 15.8 Å². The number of para-hydroxylation sites is 2. The summed E-state index contributed by atoms with van der Waals surface area (Å²) < 4.78 is 5.83. The van der Waals surface area contributed by atoms with Crippen LogP contribution in [0.5, 0.6) is 11.5 Å². The Hall–Kier alpha value is -3.56. The van der Waals surface area contributed by atoms with Crippen molar-refractivity contribution in [3.05, 3.63) is 87.1 Å². The maximum absolute atomic E-state index is 12.8. The highest BCUT2D eigenvalue weighted by Crippen LogP contribution is 2.33. The molecule has 1 N–H and O–H groups in total. The van der Waals surface area contributed by atoms with E-state index in [1.54, 1.807) is 29.6 Å². The van der Waals surface area contributed by atoms with Crippen molar-refractivity contribution in [1.29, 1.82) is 0 Å². The minimum absolute atomic E-state index is 0.0237. The Bertz CT molecular complexity index is 1170. The first kappa shape index (κ1) is 18.8. The van der Waals surface area contributed by atoms with Crippen LogP contribution in [0.1, 0.15) is 10.4 Å². The number of hydrogen-bond acceptors (Lipinski definition) is 7. The predicted octanol–water partition coefficient (Wildman–Crippen LogP) is 5.82. The number of nitro groups is 1. The van der Waals surface area contributed by atoms with Gasteiger partial charge in [0.1, 0.15) is 11.5 Å². The third kappa shape index (κ3) is 4.31. The van der Waals surface area contributed by atoms with E-state index in [0.717, 1.165) is 0 Å². The van der Waals surface area contributed by atoms with E-state index in [1.165, 1.54) is 34.1 Å².